The van der Waals surface area contributed by atoms with Gasteiger partial charge in [0.25, 0.3) is 5.91 Å². The van der Waals surface area contributed by atoms with Gasteiger partial charge >= 0.3 is 0 Å². The van der Waals surface area contributed by atoms with Crippen LogP contribution in [0, 0.1) is 11.6 Å². The van der Waals surface area contributed by atoms with E-state index in [9.17, 15) is 13.6 Å². The molecule has 0 atom stereocenters. The molecule has 4 nitrogen and oxygen atoms in total. The van der Waals surface area contributed by atoms with Crippen molar-refractivity contribution in [3.8, 4) is 16.3 Å². The predicted molar refractivity (Wildman–Crippen MR) is 96.2 cm³/mol. The summed E-state index contributed by atoms with van der Waals surface area (Å²) in [5, 5.41) is 5.07. The number of carbonyl (C=O) groups excluding carboxylic acids is 1. The molecule has 0 aliphatic rings. The summed E-state index contributed by atoms with van der Waals surface area (Å²) < 4.78 is 32.5. The first-order valence-corrected chi connectivity index (χ1v) is 8.85. The topological polar surface area (TPSA) is 51.2 Å². The van der Waals surface area contributed by atoms with E-state index in [1.807, 2.05) is 13.0 Å². The quantitative estimate of drug-likeness (QED) is 0.695. The number of nitrogens with one attached hydrogen (secondary N) is 1. The number of rotatable bonds is 6. The molecular formula is C19H16F2N2O2S. The second-order valence-electron chi connectivity index (χ2n) is 5.45. The Balaban J connectivity index is 1.74. The van der Waals surface area contributed by atoms with Crippen LogP contribution in [0.15, 0.2) is 47.8 Å². The van der Waals surface area contributed by atoms with Crippen molar-refractivity contribution < 1.29 is 18.3 Å². The lowest BCUT2D eigenvalue weighted by molar-refractivity contribution is 0.0951. The van der Waals surface area contributed by atoms with Gasteiger partial charge in [-0.1, -0.05) is 12.1 Å². The summed E-state index contributed by atoms with van der Waals surface area (Å²) in [5.41, 5.74) is 1.28. The van der Waals surface area contributed by atoms with Gasteiger partial charge in [0.2, 0.25) is 0 Å². The molecule has 2 aromatic carbocycles. The van der Waals surface area contributed by atoms with E-state index in [-0.39, 0.29) is 18.1 Å². The maximum absolute atomic E-state index is 13.7. The first-order valence-electron chi connectivity index (χ1n) is 7.97. The number of halogens is 2. The Kier molecular flexibility index (Phi) is 5.58. The van der Waals surface area contributed by atoms with E-state index in [2.05, 4.69) is 10.3 Å². The second kappa shape index (κ2) is 8.05. The van der Waals surface area contributed by atoms with E-state index in [4.69, 9.17) is 4.74 Å². The molecule has 3 aromatic rings. The summed E-state index contributed by atoms with van der Waals surface area (Å²) in [6.45, 7) is 2.29. The molecule has 7 heteroatoms. The minimum Gasteiger partial charge on any atom is -0.489 e. The Morgan fingerprint density at radius 1 is 1.23 bits per heavy atom. The molecule has 0 saturated heterocycles. The van der Waals surface area contributed by atoms with Gasteiger partial charge in [-0.25, -0.2) is 13.8 Å². The second-order valence-corrected chi connectivity index (χ2v) is 6.31. The van der Waals surface area contributed by atoms with Crippen LogP contribution in [0.4, 0.5) is 8.78 Å². The van der Waals surface area contributed by atoms with E-state index < -0.39 is 11.6 Å². The lowest BCUT2D eigenvalue weighted by atomic mass is 10.2. The Hall–Kier alpha value is -2.80. The molecule has 0 radical (unpaired) electrons. The highest BCUT2D eigenvalue weighted by atomic mass is 32.1. The van der Waals surface area contributed by atoms with Crippen LogP contribution in [0.5, 0.6) is 5.75 Å². The lowest BCUT2D eigenvalue weighted by Crippen LogP contribution is -2.22. The standard InChI is InChI=1S/C19H16F2N2O2S/c1-2-22-18(24)17-11-26-19(23-17)12-4-3-5-15(9-12)25-10-13-8-14(20)6-7-16(13)21/h3-9,11H,2,10H2,1H3,(H,22,24). The number of amides is 1. The van der Waals surface area contributed by atoms with Crippen molar-refractivity contribution in [2.24, 2.45) is 0 Å². The van der Waals surface area contributed by atoms with Crippen LogP contribution in [0.3, 0.4) is 0 Å². The molecule has 0 fully saturated rings. The monoisotopic (exact) mass is 374 g/mol. The number of hydrogen-bond donors (Lipinski definition) is 1. The zero-order chi connectivity index (χ0) is 18.5. The summed E-state index contributed by atoms with van der Waals surface area (Å²) in [4.78, 5) is 16.1. The van der Waals surface area contributed by atoms with Crippen LogP contribution in [-0.4, -0.2) is 17.4 Å². The third-order valence-electron chi connectivity index (χ3n) is 3.56. The first kappa shape index (κ1) is 18.0. The van der Waals surface area contributed by atoms with Gasteiger partial charge in [-0.3, -0.25) is 4.79 Å². The Morgan fingerprint density at radius 3 is 2.88 bits per heavy atom. The summed E-state index contributed by atoms with van der Waals surface area (Å²) in [6, 6.07) is 10.3. The first-order chi connectivity index (χ1) is 12.6. The zero-order valence-electron chi connectivity index (χ0n) is 14.0. The summed E-state index contributed by atoms with van der Waals surface area (Å²) in [5.74, 6) is -0.751. The van der Waals surface area contributed by atoms with E-state index in [1.165, 1.54) is 11.3 Å². The largest absolute Gasteiger partial charge is 0.489 e. The number of carbonyl (C=O) groups is 1. The van der Waals surface area contributed by atoms with E-state index in [0.29, 0.717) is 23.0 Å². The van der Waals surface area contributed by atoms with Gasteiger partial charge in [-0.15, -0.1) is 11.3 Å². The third-order valence-corrected chi connectivity index (χ3v) is 4.45. The summed E-state index contributed by atoms with van der Waals surface area (Å²) in [6.07, 6.45) is 0. The van der Waals surface area contributed by atoms with Gasteiger partial charge in [-0.2, -0.15) is 0 Å². The fraction of sp³-hybridized carbons (Fsp3) is 0.158. The highest BCUT2D eigenvalue weighted by molar-refractivity contribution is 7.13. The van der Waals surface area contributed by atoms with E-state index >= 15 is 0 Å². The van der Waals surface area contributed by atoms with Gasteiger partial charge in [0.15, 0.2) is 0 Å². The summed E-state index contributed by atoms with van der Waals surface area (Å²) >= 11 is 1.35. The number of thiazole rings is 1. The molecule has 0 unspecified atom stereocenters. The number of aromatic nitrogens is 1. The van der Waals surface area contributed by atoms with E-state index in [0.717, 1.165) is 23.8 Å². The Labute approximate surface area is 153 Å². The number of hydrogen-bond acceptors (Lipinski definition) is 4. The lowest BCUT2D eigenvalue weighted by Gasteiger charge is -2.08. The SMILES string of the molecule is CCNC(=O)c1csc(-c2cccc(OCc3cc(F)ccc3F)c2)n1. The van der Waals surface area contributed by atoms with Crippen LogP contribution in [0.2, 0.25) is 0 Å². The maximum Gasteiger partial charge on any atom is 0.270 e. The Bertz CT molecular complexity index is 927. The molecule has 1 amide bonds. The Morgan fingerprint density at radius 2 is 2.08 bits per heavy atom. The van der Waals surface area contributed by atoms with Crippen molar-refractivity contribution in [3.05, 3.63) is 70.7 Å². The van der Waals surface area contributed by atoms with Gasteiger partial charge < -0.3 is 10.1 Å². The van der Waals surface area contributed by atoms with Crippen LogP contribution in [-0.2, 0) is 6.61 Å². The molecule has 3 rings (SSSR count). The third kappa shape index (κ3) is 4.23. The number of nitrogens with zero attached hydrogens (tertiary/aromatic N) is 1. The average molecular weight is 374 g/mol. The molecule has 1 aromatic heterocycles. The predicted octanol–water partition coefficient (Wildman–Crippen LogP) is 4.42. The molecule has 0 saturated carbocycles. The van der Waals surface area contributed by atoms with Crippen LogP contribution in [0.1, 0.15) is 23.0 Å². The smallest absolute Gasteiger partial charge is 0.270 e. The molecule has 0 aliphatic carbocycles. The van der Waals surface area contributed by atoms with Crippen molar-refractivity contribution in [1.82, 2.24) is 10.3 Å². The molecule has 134 valence electrons. The normalized spacial score (nSPS) is 10.6. The van der Waals surface area contributed by atoms with Gasteiger partial charge in [0, 0.05) is 23.1 Å². The van der Waals surface area contributed by atoms with Crippen molar-refractivity contribution in [1.29, 1.82) is 0 Å². The highest BCUT2D eigenvalue weighted by Crippen LogP contribution is 2.27. The summed E-state index contributed by atoms with van der Waals surface area (Å²) in [7, 11) is 0. The molecule has 1 N–H and O–H groups in total. The molecular weight excluding hydrogens is 358 g/mol. The van der Waals surface area contributed by atoms with Crippen LogP contribution < -0.4 is 10.1 Å². The fourth-order valence-corrected chi connectivity index (χ4v) is 3.09. The minimum absolute atomic E-state index is 0.0882. The highest BCUT2D eigenvalue weighted by Gasteiger charge is 2.12. The maximum atomic E-state index is 13.7. The minimum atomic E-state index is -0.519. The van der Waals surface area contributed by atoms with Crippen molar-refractivity contribution in [3.63, 3.8) is 0 Å². The molecule has 0 bridgehead atoms. The van der Waals surface area contributed by atoms with Crippen molar-refractivity contribution in [2.45, 2.75) is 13.5 Å². The molecule has 0 spiro atoms. The molecule has 26 heavy (non-hydrogen) atoms. The zero-order valence-corrected chi connectivity index (χ0v) is 14.8. The van der Waals surface area contributed by atoms with Gasteiger partial charge in [0.1, 0.15) is 34.7 Å². The van der Waals surface area contributed by atoms with Crippen LogP contribution in [0.25, 0.3) is 10.6 Å². The molecule has 1 heterocycles. The molecule has 0 aliphatic heterocycles. The average Bonchev–Trinajstić information content (AvgIpc) is 3.13. The van der Waals surface area contributed by atoms with Crippen molar-refractivity contribution in [2.75, 3.05) is 6.54 Å². The fourth-order valence-electron chi connectivity index (χ4n) is 2.30. The number of benzene rings is 2. The van der Waals surface area contributed by atoms with Gasteiger partial charge in [0.05, 0.1) is 0 Å². The van der Waals surface area contributed by atoms with Gasteiger partial charge in [-0.05, 0) is 37.3 Å². The van der Waals surface area contributed by atoms with Crippen LogP contribution >= 0.6 is 11.3 Å². The van der Waals surface area contributed by atoms with Crippen molar-refractivity contribution >= 4 is 17.2 Å². The number of ether oxygens (including phenoxy) is 1. The van der Waals surface area contributed by atoms with E-state index in [1.54, 1.807) is 23.6 Å².